The van der Waals surface area contributed by atoms with E-state index in [1.165, 1.54) is 0 Å². The summed E-state index contributed by atoms with van der Waals surface area (Å²) in [5.74, 6) is -0.320. The van der Waals surface area contributed by atoms with Gasteiger partial charge in [0.2, 0.25) is 5.91 Å². The predicted molar refractivity (Wildman–Crippen MR) is 114 cm³/mol. The van der Waals surface area contributed by atoms with Crippen molar-refractivity contribution >= 4 is 11.8 Å². The van der Waals surface area contributed by atoms with Crippen LogP contribution in [0.5, 0.6) is 0 Å². The zero-order valence-corrected chi connectivity index (χ0v) is 16.8. The van der Waals surface area contributed by atoms with Gasteiger partial charge in [-0.3, -0.25) is 19.6 Å². The Morgan fingerprint density at radius 1 is 1.00 bits per heavy atom. The molecule has 7 heteroatoms. The Kier molecular flexibility index (Phi) is 4.95. The Balaban J connectivity index is 1.39. The molecule has 0 spiro atoms. The van der Waals surface area contributed by atoms with E-state index >= 15 is 0 Å². The van der Waals surface area contributed by atoms with Crippen molar-refractivity contribution in [1.29, 1.82) is 0 Å². The number of aliphatic hydroxyl groups excluding tert-OH is 1. The highest BCUT2D eigenvalue weighted by Crippen LogP contribution is 2.43. The number of pyridine rings is 2. The highest BCUT2D eigenvalue weighted by atomic mass is 16.3. The summed E-state index contributed by atoms with van der Waals surface area (Å²) in [6.07, 6.45) is 6.71. The average Bonchev–Trinajstić information content (AvgIpc) is 2.81. The minimum atomic E-state index is -0.264. The van der Waals surface area contributed by atoms with E-state index in [2.05, 4.69) is 9.97 Å². The van der Waals surface area contributed by atoms with E-state index in [4.69, 9.17) is 0 Å². The lowest BCUT2D eigenvalue weighted by Crippen LogP contribution is -2.73. The van der Waals surface area contributed by atoms with Crippen LogP contribution in [0.2, 0.25) is 0 Å². The van der Waals surface area contributed by atoms with E-state index in [0.717, 1.165) is 16.7 Å². The molecule has 3 aromatic rings. The molecule has 2 saturated heterocycles. The summed E-state index contributed by atoms with van der Waals surface area (Å²) < 4.78 is 0. The number of aliphatic hydroxyl groups is 1. The molecule has 156 valence electrons. The Morgan fingerprint density at radius 3 is 2.45 bits per heavy atom. The Labute approximate surface area is 180 Å². The number of aromatic nitrogens is 2. The summed E-state index contributed by atoms with van der Waals surface area (Å²) in [7, 11) is 0. The molecule has 2 fully saturated rings. The van der Waals surface area contributed by atoms with Crippen molar-refractivity contribution in [1.82, 2.24) is 19.8 Å². The number of carbonyl (C=O) groups excluding carboxylic acids is 2. The van der Waals surface area contributed by atoms with E-state index in [1.54, 1.807) is 40.5 Å². The minimum Gasteiger partial charge on any atom is -0.394 e. The number of hydrogen-bond donors (Lipinski definition) is 1. The van der Waals surface area contributed by atoms with E-state index in [1.807, 2.05) is 42.6 Å². The molecule has 7 nitrogen and oxygen atoms in total. The third-order valence-electron chi connectivity index (χ3n) is 6.26. The first-order valence-electron chi connectivity index (χ1n) is 10.3. The maximum Gasteiger partial charge on any atom is 0.254 e. The number of benzene rings is 1. The van der Waals surface area contributed by atoms with E-state index in [-0.39, 0.29) is 43.0 Å². The van der Waals surface area contributed by atoms with Crippen molar-refractivity contribution in [3.8, 4) is 11.1 Å². The molecule has 31 heavy (non-hydrogen) atoms. The quantitative estimate of drug-likeness (QED) is 0.705. The normalized spacial score (nSPS) is 22.6. The average molecular weight is 414 g/mol. The standard InChI is InChI=1S/C24H22N4O3/c29-15-21-23(17-5-3-16(4-6-17)19-2-1-9-26-12-19)20-13-27(14-22(30)28(20)21)24(31)18-7-10-25-11-8-18/h1-12,20-21,23,29H,13-15H2/t20-,21-,23-/m1/s1. The molecule has 1 aromatic carbocycles. The Morgan fingerprint density at radius 2 is 1.77 bits per heavy atom. The first kappa shape index (κ1) is 19.4. The second kappa shape index (κ2) is 7.92. The molecule has 0 bridgehead atoms. The highest BCUT2D eigenvalue weighted by molar-refractivity contribution is 5.97. The van der Waals surface area contributed by atoms with Crippen LogP contribution in [0.1, 0.15) is 21.8 Å². The molecule has 1 N–H and O–H groups in total. The van der Waals surface area contributed by atoms with Crippen molar-refractivity contribution < 1.29 is 14.7 Å². The molecule has 2 amide bonds. The zero-order valence-electron chi connectivity index (χ0n) is 16.8. The predicted octanol–water partition coefficient (Wildman–Crippen LogP) is 1.95. The van der Waals surface area contributed by atoms with Gasteiger partial charge in [-0.05, 0) is 34.9 Å². The van der Waals surface area contributed by atoms with E-state index in [9.17, 15) is 14.7 Å². The van der Waals surface area contributed by atoms with Crippen LogP contribution >= 0.6 is 0 Å². The number of nitrogens with zero attached hydrogens (tertiary/aromatic N) is 4. The maximum absolute atomic E-state index is 12.9. The molecule has 3 atom stereocenters. The fraction of sp³-hybridized carbons (Fsp3) is 0.250. The first-order chi connectivity index (χ1) is 15.2. The fourth-order valence-electron chi connectivity index (χ4n) is 4.76. The molecular formula is C24H22N4O3. The van der Waals surface area contributed by atoms with Crippen LogP contribution in [0.3, 0.4) is 0 Å². The van der Waals surface area contributed by atoms with Crippen molar-refractivity contribution in [2.45, 2.75) is 18.0 Å². The Bertz CT molecular complexity index is 1090. The molecule has 5 rings (SSSR count). The number of carbonyl (C=O) groups is 2. The van der Waals surface area contributed by atoms with Gasteiger partial charge in [0.25, 0.3) is 5.91 Å². The second-order valence-electron chi connectivity index (χ2n) is 7.93. The number of amides is 2. The van der Waals surface area contributed by atoms with Crippen molar-refractivity contribution in [2.75, 3.05) is 19.7 Å². The van der Waals surface area contributed by atoms with Crippen LogP contribution in [-0.2, 0) is 4.79 Å². The summed E-state index contributed by atoms with van der Waals surface area (Å²) in [4.78, 5) is 37.1. The van der Waals surface area contributed by atoms with E-state index < -0.39 is 0 Å². The molecule has 4 heterocycles. The number of rotatable bonds is 4. The number of piperazine rings is 1. The van der Waals surface area contributed by atoms with Gasteiger partial charge in [-0.2, -0.15) is 0 Å². The third-order valence-corrected chi connectivity index (χ3v) is 6.26. The lowest BCUT2D eigenvalue weighted by molar-refractivity contribution is -0.159. The van der Waals surface area contributed by atoms with Crippen LogP contribution < -0.4 is 0 Å². The van der Waals surface area contributed by atoms with Crippen molar-refractivity contribution in [2.24, 2.45) is 0 Å². The summed E-state index contributed by atoms with van der Waals surface area (Å²) >= 11 is 0. The molecule has 0 saturated carbocycles. The van der Waals surface area contributed by atoms with Gasteiger partial charge in [-0.25, -0.2) is 0 Å². The van der Waals surface area contributed by atoms with Gasteiger partial charge in [-0.15, -0.1) is 0 Å². The van der Waals surface area contributed by atoms with E-state index in [0.29, 0.717) is 12.1 Å². The highest BCUT2D eigenvalue weighted by Gasteiger charge is 2.54. The van der Waals surface area contributed by atoms with Crippen LogP contribution in [0.25, 0.3) is 11.1 Å². The lowest BCUT2D eigenvalue weighted by Gasteiger charge is -2.58. The third kappa shape index (κ3) is 3.37. The van der Waals surface area contributed by atoms with Crippen LogP contribution in [0.4, 0.5) is 0 Å². The van der Waals surface area contributed by atoms with Gasteiger partial charge >= 0.3 is 0 Å². The summed E-state index contributed by atoms with van der Waals surface area (Å²) in [5, 5.41) is 9.97. The topological polar surface area (TPSA) is 86.6 Å². The Hall–Kier alpha value is -3.58. The molecule has 2 aliphatic rings. The second-order valence-corrected chi connectivity index (χ2v) is 7.93. The number of fused-ring (bicyclic) bond motifs is 1. The molecule has 2 aliphatic heterocycles. The first-order valence-corrected chi connectivity index (χ1v) is 10.3. The van der Waals surface area contributed by atoms with Gasteiger partial charge in [0.05, 0.1) is 18.7 Å². The summed E-state index contributed by atoms with van der Waals surface area (Å²) in [6.45, 7) is 0.370. The molecular weight excluding hydrogens is 392 g/mol. The SMILES string of the molecule is O=C(c1ccncc1)N1CC(=O)N2[C@H](CO)[C@H](c3ccc(-c4cccnc4)cc3)[C@H]2C1. The fourth-order valence-corrected chi connectivity index (χ4v) is 4.76. The van der Waals surface area contributed by atoms with Crippen LogP contribution in [-0.4, -0.2) is 68.5 Å². The molecule has 2 aromatic heterocycles. The smallest absolute Gasteiger partial charge is 0.254 e. The van der Waals surface area contributed by atoms with Crippen LogP contribution in [0, 0.1) is 0 Å². The molecule has 0 aliphatic carbocycles. The summed E-state index contributed by atoms with van der Waals surface area (Å²) in [6, 6.07) is 15.0. The number of hydrogen-bond acceptors (Lipinski definition) is 5. The van der Waals surface area contributed by atoms with Gasteiger partial charge in [0.1, 0.15) is 6.54 Å². The van der Waals surface area contributed by atoms with Gasteiger partial charge in [0.15, 0.2) is 0 Å². The molecule has 0 radical (unpaired) electrons. The van der Waals surface area contributed by atoms with Gasteiger partial charge in [0, 0.05) is 42.8 Å². The van der Waals surface area contributed by atoms with Gasteiger partial charge in [-0.1, -0.05) is 30.3 Å². The van der Waals surface area contributed by atoms with Crippen molar-refractivity contribution in [3.05, 3.63) is 84.4 Å². The lowest BCUT2D eigenvalue weighted by atomic mass is 9.73. The summed E-state index contributed by atoms with van der Waals surface area (Å²) in [5.41, 5.74) is 3.67. The maximum atomic E-state index is 12.9. The van der Waals surface area contributed by atoms with Crippen LogP contribution in [0.15, 0.2) is 73.3 Å². The largest absolute Gasteiger partial charge is 0.394 e. The zero-order chi connectivity index (χ0) is 21.4. The minimum absolute atomic E-state index is 0.0232. The van der Waals surface area contributed by atoms with Crippen molar-refractivity contribution in [3.63, 3.8) is 0 Å². The molecule has 0 unspecified atom stereocenters. The monoisotopic (exact) mass is 414 g/mol. The van der Waals surface area contributed by atoms with Gasteiger partial charge < -0.3 is 14.9 Å².